The Morgan fingerprint density at radius 2 is 1.22 bits per heavy atom. The fraction of sp³-hybridized carbons (Fsp3) is 0.0769. The molecule has 6 heteroatoms. The molecule has 2 aliphatic rings. The van der Waals surface area contributed by atoms with E-state index in [0.29, 0.717) is 0 Å². The van der Waals surface area contributed by atoms with Gasteiger partial charge in [0.25, 0.3) is 0 Å². The van der Waals surface area contributed by atoms with Gasteiger partial charge in [-0.05, 0) is 54.9 Å². The lowest BCUT2D eigenvalue weighted by Gasteiger charge is -2.16. The maximum absolute atomic E-state index is 4.38. The Morgan fingerprint density at radius 1 is 0.688 bits per heavy atom. The number of benzene rings is 1. The van der Waals surface area contributed by atoms with Gasteiger partial charge < -0.3 is 19.8 Å². The van der Waals surface area contributed by atoms with Crippen molar-refractivity contribution in [3.05, 3.63) is 96.1 Å². The van der Waals surface area contributed by atoms with Gasteiger partial charge in [0.15, 0.2) is 0 Å². The van der Waals surface area contributed by atoms with Crippen molar-refractivity contribution >= 4 is 34.0 Å². The standard InChI is InChI=1S/C26H20N6/c1-2-17(31-23-4-8-27-13-19(23)20-14-28-9-5-24(20)31)12-18(3-1)32-25-6-10-29-15-21(25)22-16-30-11-7-26(22)32/h1-13,15,28,30H,14,16H2. The van der Waals surface area contributed by atoms with Crippen LogP contribution in [0.25, 0.3) is 45.3 Å². The molecule has 32 heavy (non-hydrogen) atoms. The number of aromatic nitrogens is 4. The first kappa shape index (κ1) is 17.4. The molecule has 6 heterocycles. The quantitative estimate of drug-likeness (QED) is 0.445. The number of rotatable bonds is 2. The van der Waals surface area contributed by atoms with Crippen molar-refractivity contribution in [2.24, 2.45) is 0 Å². The minimum atomic E-state index is 0.807. The highest BCUT2D eigenvalue weighted by molar-refractivity contribution is 5.91. The van der Waals surface area contributed by atoms with Crippen LogP contribution in [0.1, 0.15) is 22.5 Å². The lowest BCUT2D eigenvalue weighted by atomic mass is 10.1. The summed E-state index contributed by atoms with van der Waals surface area (Å²) in [6.07, 6.45) is 16.0. The smallest absolute Gasteiger partial charge is 0.0569 e. The molecule has 1 aromatic carbocycles. The van der Waals surface area contributed by atoms with E-state index in [1.54, 1.807) is 0 Å². The van der Waals surface area contributed by atoms with E-state index in [1.165, 1.54) is 44.3 Å². The van der Waals surface area contributed by atoms with Crippen LogP contribution in [0.2, 0.25) is 0 Å². The van der Waals surface area contributed by atoms with Gasteiger partial charge in [-0.1, -0.05) is 6.07 Å². The minimum absolute atomic E-state index is 0.807. The molecule has 0 spiro atoms. The normalized spacial score (nSPS) is 14.2. The van der Waals surface area contributed by atoms with E-state index in [9.17, 15) is 0 Å². The van der Waals surface area contributed by atoms with Gasteiger partial charge in [0.2, 0.25) is 0 Å². The summed E-state index contributed by atoms with van der Waals surface area (Å²) in [7, 11) is 0. The molecule has 154 valence electrons. The van der Waals surface area contributed by atoms with E-state index in [-0.39, 0.29) is 0 Å². The summed E-state index contributed by atoms with van der Waals surface area (Å²) in [5.74, 6) is 0. The van der Waals surface area contributed by atoms with Crippen LogP contribution in [0.3, 0.4) is 0 Å². The van der Waals surface area contributed by atoms with E-state index in [4.69, 9.17) is 0 Å². The molecule has 0 atom stereocenters. The molecule has 0 aliphatic carbocycles. The number of pyridine rings is 2. The van der Waals surface area contributed by atoms with Gasteiger partial charge in [-0.25, -0.2) is 0 Å². The summed E-state index contributed by atoms with van der Waals surface area (Å²) in [4.78, 5) is 8.76. The van der Waals surface area contributed by atoms with Crippen molar-refractivity contribution < 1.29 is 0 Å². The third-order valence-electron chi connectivity index (χ3n) is 6.45. The molecular weight excluding hydrogens is 396 g/mol. The Balaban J connectivity index is 1.50. The summed E-state index contributed by atoms with van der Waals surface area (Å²) >= 11 is 0. The van der Waals surface area contributed by atoms with Gasteiger partial charge in [-0.3, -0.25) is 9.97 Å². The van der Waals surface area contributed by atoms with Crippen molar-refractivity contribution in [3.63, 3.8) is 0 Å². The average molecular weight is 416 g/mol. The fourth-order valence-electron chi connectivity index (χ4n) is 5.08. The summed E-state index contributed by atoms with van der Waals surface area (Å²) in [5, 5.41) is 9.06. The highest BCUT2D eigenvalue weighted by Gasteiger charge is 2.21. The molecule has 5 aromatic rings. The Bertz CT molecular complexity index is 1470. The van der Waals surface area contributed by atoms with E-state index in [0.717, 1.165) is 24.5 Å². The number of fused-ring (bicyclic) bond motifs is 6. The van der Waals surface area contributed by atoms with Crippen molar-refractivity contribution in [3.8, 4) is 11.4 Å². The van der Waals surface area contributed by atoms with E-state index in [2.05, 4.69) is 78.3 Å². The van der Waals surface area contributed by atoms with Gasteiger partial charge in [-0.2, -0.15) is 0 Å². The van der Waals surface area contributed by atoms with E-state index in [1.807, 2.05) is 37.2 Å². The molecule has 0 bridgehead atoms. The molecule has 0 unspecified atom stereocenters. The van der Waals surface area contributed by atoms with Crippen LogP contribution >= 0.6 is 0 Å². The summed E-state index contributed by atoms with van der Waals surface area (Å²) in [6.45, 7) is 1.61. The summed E-state index contributed by atoms with van der Waals surface area (Å²) in [5.41, 5.74) is 9.58. The average Bonchev–Trinajstić information content (AvgIpc) is 3.37. The van der Waals surface area contributed by atoms with Gasteiger partial charge in [0, 0.05) is 71.2 Å². The largest absolute Gasteiger partial charge is 0.387 e. The van der Waals surface area contributed by atoms with Gasteiger partial charge in [0.1, 0.15) is 0 Å². The molecule has 0 saturated heterocycles. The minimum Gasteiger partial charge on any atom is -0.387 e. The Kier molecular flexibility index (Phi) is 3.58. The third kappa shape index (κ3) is 2.34. The molecule has 7 rings (SSSR count). The summed E-state index contributed by atoms with van der Waals surface area (Å²) in [6, 6.07) is 13.0. The van der Waals surface area contributed by atoms with Crippen LogP contribution in [0.5, 0.6) is 0 Å². The van der Waals surface area contributed by atoms with Crippen LogP contribution in [0.15, 0.2) is 73.6 Å². The van der Waals surface area contributed by atoms with Crippen molar-refractivity contribution in [2.45, 2.75) is 13.1 Å². The number of nitrogens with zero attached hydrogens (tertiary/aromatic N) is 4. The number of hydrogen-bond donors (Lipinski definition) is 2. The first-order valence-electron chi connectivity index (χ1n) is 10.8. The molecule has 2 N–H and O–H groups in total. The first-order valence-corrected chi connectivity index (χ1v) is 10.8. The Labute approximate surface area is 184 Å². The molecule has 0 radical (unpaired) electrons. The van der Waals surface area contributed by atoms with E-state index < -0.39 is 0 Å². The maximum atomic E-state index is 4.38. The lowest BCUT2D eigenvalue weighted by molar-refractivity contribution is 0.853. The summed E-state index contributed by atoms with van der Waals surface area (Å²) < 4.78 is 4.68. The highest BCUT2D eigenvalue weighted by Crippen LogP contribution is 2.34. The van der Waals surface area contributed by atoms with E-state index >= 15 is 0 Å². The second-order valence-electron chi connectivity index (χ2n) is 8.13. The molecule has 0 fully saturated rings. The van der Waals surface area contributed by atoms with Crippen LogP contribution in [-0.2, 0) is 13.1 Å². The zero-order chi connectivity index (χ0) is 21.1. The Hall–Kier alpha value is -4.32. The molecule has 0 saturated carbocycles. The zero-order valence-electron chi connectivity index (χ0n) is 17.3. The molecule has 4 aromatic heterocycles. The molecular formula is C26H20N6. The number of hydrogen-bond acceptors (Lipinski definition) is 4. The first-order chi connectivity index (χ1) is 15.9. The van der Waals surface area contributed by atoms with Gasteiger partial charge in [0.05, 0.1) is 22.4 Å². The zero-order valence-corrected chi connectivity index (χ0v) is 17.3. The van der Waals surface area contributed by atoms with Crippen LogP contribution < -0.4 is 10.6 Å². The van der Waals surface area contributed by atoms with Crippen LogP contribution in [-0.4, -0.2) is 19.1 Å². The van der Waals surface area contributed by atoms with Crippen LogP contribution in [0, 0.1) is 0 Å². The van der Waals surface area contributed by atoms with Crippen molar-refractivity contribution in [1.82, 2.24) is 29.7 Å². The monoisotopic (exact) mass is 416 g/mol. The fourth-order valence-corrected chi connectivity index (χ4v) is 5.08. The SMILES string of the molecule is C1=Cc2c(c3cnccc3n2-c2cccc(-n3c4c(c5cnccc53)CNC=C4)c2)CN1. The van der Waals surface area contributed by atoms with Gasteiger partial charge in [-0.15, -0.1) is 0 Å². The lowest BCUT2D eigenvalue weighted by Crippen LogP contribution is -2.11. The highest BCUT2D eigenvalue weighted by atomic mass is 15.0. The Morgan fingerprint density at radius 3 is 1.75 bits per heavy atom. The molecule has 2 aliphatic heterocycles. The third-order valence-corrected chi connectivity index (χ3v) is 6.45. The predicted octanol–water partition coefficient (Wildman–Crippen LogP) is 4.51. The maximum Gasteiger partial charge on any atom is 0.0569 e. The van der Waals surface area contributed by atoms with Crippen molar-refractivity contribution in [1.29, 1.82) is 0 Å². The molecule has 6 nitrogen and oxygen atoms in total. The van der Waals surface area contributed by atoms with Crippen LogP contribution in [0.4, 0.5) is 0 Å². The van der Waals surface area contributed by atoms with Crippen molar-refractivity contribution in [2.75, 3.05) is 0 Å². The second-order valence-corrected chi connectivity index (χ2v) is 8.13. The predicted molar refractivity (Wildman–Crippen MR) is 127 cm³/mol. The number of nitrogens with one attached hydrogen (secondary N) is 2. The van der Waals surface area contributed by atoms with Gasteiger partial charge >= 0.3 is 0 Å². The molecule has 0 amide bonds. The second kappa shape index (κ2) is 6.59. The topological polar surface area (TPSA) is 59.7 Å².